The summed E-state index contributed by atoms with van der Waals surface area (Å²) in [6.45, 7) is 0. The molecule has 0 atom stereocenters. The van der Waals surface area contributed by atoms with Crippen LogP contribution >= 0.6 is 15.9 Å². The SMILES string of the molecule is N#CC=Cc1cc(Br)c[nH]c1=O. The molecule has 4 heteroatoms. The first kappa shape index (κ1) is 8.75. The monoisotopic (exact) mass is 224 g/mol. The van der Waals surface area contributed by atoms with Gasteiger partial charge in [-0.3, -0.25) is 4.79 Å². The summed E-state index contributed by atoms with van der Waals surface area (Å²) in [6.07, 6.45) is 4.27. The predicted molar refractivity (Wildman–Crippen MR) is 49.4 cm³/mol. The number of aromatic amines is 1. The number of nitrogens with zero attached hydrogens (tertiary/aromatic N) is 1. The molecule has 0 aliphatic heterocycles. The second kappa shape index (κ2) is 3.88. The minimum absolute atomic E-state index is 0.204. The highest BCUT2D eigenvalue weighted by atomic mass is 79.9. The van der Waals surface area contributed by atoms with Gasteiger partial charge >= 0.3 is 0 Å². The molecule has 0 fully saturated rings. The summed E-state index contributed by atoms with van der Waals surface area (Å²) in [5.74, 6) is 0. The normalized spacial score (nSPS) is 10.0. The summed E-state index contributed by atoms with van der Waals surface area (Å²) < 4.78 is 0.777. The molecule has 0 aliphatic rings. The fourth-order valence-corrected chi connectivity index (χ4v) is 1.09. The van der Waals surface area contributed by atoms with Gasteiger partial charge in [-0.15, -0.1) is 0 Å². The summed E-state index contributed by atoms with van der Waals surface area (Å²) >= 11 is 3.20. The zero-order chi connectivity index (χ0) is 8.97. The Balaban J connectivity index is 3.16. The Morgan fingerprint density at radius 3 is 3.08 bits per heavy atom. The number of nitrogens with one attached hydrogen (secondary N) is 1. The van der Waals surface area contributed by atoms with Gasteiger partial charge in [0, 0.05) is 22.3 Å². The summed E-state index contributed by atoms with van der Waals surface area (Å²) in [5.41, 5.74) is 0.260. The number of rotatable bonds is 1. The Hall–Kier alpha value is -1.34. The van der Waals surface area contributed by atoms with Crippen molar-refractivity contribution < 1.29 is 0 Å². The molecule has 12 heavy (non-hydrogen) atoms. The Morgan fingerprint density at radius 1 is 1.67 bits per heavy atom. The van der Waals surface area contributed by atoms with Crippen molar-refractivity contribution in [2.45, 2.75) is 0 Å². The lowest BCUT2D eigenvalue weighted by molar-refractivity contribution is 1.21. The van der Waals surface area contributed by atoms with Crippen molar-refractivity contribution in [2.24, 2.45) is 0 Å². The second-order valence-electron chi connectivity index (χ2n) is 2.06. The van der Waals surface area contributed by atoms with Gasteiger partial charge in [0.1, 0.15) is 0 Å². The summed E-state index contributed by atoms with van der Waals surface area (Å²) in [4.78, 5) is 13.6. The largest absolute Gasteiger partial charge is 0.327 e. The Kier molecular flexibility index (Phi) is 2.83. The van der Waals surface area contributed by atoms with Gasteiger partial charge < -0.3 is 4.98 Å². The van der Waals surface area contributed by atoms with Crippen LogP contribution in [-0.2, 0) is 0 Å². The molecular weight excluding hydrogens is 220 g/mol. The third-order valence-corrected chi connectivity index (χ3v) is 1.69. The lowest BCUT2D eigenvalue weighted by Gasteiger charge is -1.91. The lowest BCUT2D eigenvalue weighted by Crippen LogP contribution is -2.07. The first-order valence-corrected chi connectivity index (χ1v) is 3.98. The zero-order valence-corrected chi connectivity index (χ0v) is 7.63. The number of nitriles is 1. The minimum Gasteiger partial charge on any atom is -0.327 e. The van der Waals surface area contributed by atoms with Crippen LogP contribution in [0.4, 0.5) is 0 Å². The van der Waals surface area contributed by atoms with Gasteiger partial charge in [0.25, 0.3) is 5.56 Å². The van der Waals surface area contributed by atoms with Crippen molar-refractivity contribution in [3.63, 3.8) is 0 Å². The number of halogens is 1. The van der Waals surface area contributed by atoms with E-state index in [1.807, 2.05) is 6.07 Å². The molecular formula is C8H5BrN2O. The van der Waals surface area contributed by atoms with E-state index >= 15 is 0 Å². The van der Waals surface area contributed by atoms with Crippen molar-refractivity contribution in [3.05, 3.63) is 38.7 Å². The molecule has 0 amide bonds. The van der Waals surface area contributed by atoms with Gasteiger partial charge in [-0.05, 0) is 28.1 Å². The Labute approximate surface area is 77.5 Å². The highest BCUT2D eigenvalue weighted by Crippen LogP contribution is 2.07. The number of hydrogen-bond acceptors (Lipinski definition) is 2. The molecule has 0 bridgehead atoms. The van der Waals surface area contributed by atoms with Crippen molar-refractivity contribution in [1.82, 2.24) is 4.98 Å². The van der Waals surface area contributed by atoms with Crippen LogP contribution in [0.15, 0.2) is 27.6 Å². The molecule has 1 N–H and O–H groups in total. The van der Waals surface area contributed by atoms with Crippen LogP contribution in [0, 0.1) is 11.3 Å². The highest BCUT2D eigenvalue weighted by Gasteiger charge is 1.94. The van der Waals surface area contributed by atoms with Crippen LogP contribution < -0.4 is 5.56 Å². The molecule has 1 aromatic rings. The van der Waals surface area contributed by atoms with Gasteiger partial charge in [-0.25, -0.2) is 0 Å². The average Bonchev–Trinajstić information content (AvgIpc) is 2.07. The quantitative estimate of drug-likeness (QED) is 0.739. The fourth-order valence-electron chi connectivity index (χ4n) is 0.724. The molecule has 0 aromatic carbocycles. The third-order valence-electron chi connectivity index (χ3n) is 1.23. The molecule has 1 rings (SSSR count). The van der Waals surface area contributed by atoms with Gasteiger partial charge in [0.15, 0.2) is 0 Å². The van der Waals surface area contributed by atoms with Crippen LogP contribution in [-0.4, -0.2) is 4.98 Å². The summed E-state index contributed by atoms with van der Waals surface area (Å²) in [5, 5.41) is 8.23. The number of pyridine rings is 1. The number of H-pyrrole nitrogens is 1. The van der Waals surface area contributed by atoms with Crippen LogP contribution in [0.1, 0.15) is 5.56 Å². The van der Waals surface area contributed by atoms with Gasteiger partial charge in [-0.2, -0.15) is 5.26 Å². The first-order chi connectivity index (χ1) is 5.74. The molecule has 0 saturated carbocycles. The van der Waals surface area contributed by atoms with Crippen molar-refractivity contribution >= 4 is 22.0 Å². The van der Waals surface area contributed by atoms with E-state index < -0.39 is 0 Å². The average molecular weight is 225 g/mol. The molecule has 1 aromatic heterocycles. The zero-order valence-electron chi connectivity index (χ0n) is 6.04. The molecule has 0 aliphatic carbocycles. The standard InChI is InChI=1S/C8H5BrN2O/c9-7-4-6(2-1-3-10)8(12)11-5-7/h1-2,4-5H,(H,11,12). The molecule has 3 nitrogen and oxygen atoms in total. The molecule has 0 unspecified atom stereocenters. The predicted octanol–water partition coefficient (Wildman–Crippen LogP) is 1.67. The van der Waals surface area contributed by atoms with Gasteiger partial charge in [0.2, 0.25) is 0 Å². The van der Waals surface area contributed by atoms with E-state index in [9.17, 15) is 4.79 Å². The van der Waals surface area contributed by atoms with E-state index in [-0.39, 0.29) is 5.56 Å². The molecule has 0 spiro atoms. The van der Waals surface area contributed by atoms with E-state index in [1.54, 1.807) is 12.3 Å². The molecule has 0 saturated heterocycles. The highest BCUT2D eigenvalue weighted by molar-refractivity contribution is 9.10. The number of allylic oxidation sites excluding steroid dienone is 1. The van der Waals surface area contributed by atoms with Crippen molar-refractivity contribution in [3.8, 4) is 6.07 Å². The smallest absolute Gasteiger partial charge is 0.255 e. The van der Waals surface area contributed by atoms with E-state index in [4.69, 9.17) is 5.26 Å². The summed E-state index contributed by atoms with van der Waals surface area (Å²) in [6, 6.07) is 3.46. The van der Waals surface area contributed by atoms with Crippen LogP contribution in [0.3, 0.4) is 0 Å². The Bertz CT molecular complexity index is 400. The second-order valence-corrected chi connectivity index (χ2v) is 2.98. The van der Waals surface area contributed by atoms with Gasteiger partial charge in [0.05, 0.1) is 6.07 Å². The van der Waals surface area contributed by atoms with E-state index in [1.165, 1.54) is 12.2 Å². The Morgan fingerprint density at radius 2 is 2.42 bits per heavy atom. The van der Waals surface area contributed by atoms with E-state index in [0.717, 1.165) is 4.47 Å². The van der Waals surface area contributed by atoms with Crippen LogP contribution in [0.5, 0.6) is 0 Å². The van der Waals surface area contributed by atoms with Crippen molar-refractivity contribution in [1.29, 1.82) is 5.26 Å². The van der Waals surface area contributed by atoms with Crippen LogP contribution in [0.2, 0.25) is 0 Å². The van der Waals surface area contributed by atoms with Crippen molar-refractivity contribution in [2.75, 3.05) is 0 Å². The van der Waals surface area contributed by atoms with E-state index in [0.29, 0.717) is 5.56 Å². The minimum atomic E-state index is -0.204. The fraction of sp³-hybridized carbons (Fsp3) is 0. The van der Waals surface area contributed by atoms with Gasteiger partial charge in [-0.1, -0.05) is 0 Å². The summed E-state index contributed by atoms with van der Waals surface area (Å²) in [7, 11) is 0. The molecule has 1 heterocycles. The maximum Gasteiger partial charge on any atom is 0.255 e. The lowest BCUT2D eigenvalue weighted by atomic mass is 10.2. The maximum atomic E-state index is 11.0. The number of hydrogen-bond donors (Lipinski definition) is 1. The topological polar surface area (TPSA) is 56.6 Å². The van der Waals surface area contributed by atoms with E-state index in [2.05, 4.69) is 20.9 Å². The maximum absolute atomic E-state index is 11.0. The number of aromatic nitrogens is 1. The third kappa shape index (κ3) is 2.07. The van der Waals surface area contributed by atoms with Crippen LogP contribution in [0.25, 0.3) is 6.08 Å². The molecule has 0 radical (unpaired) electrons. The molecule has 60 valence electrons. The first-order valence-electron chi connectivity index (χ1n) is 3.18.